The first kappa shape index (κ1) is 17.2. The van der Waals surface area contributed by atoms with Crippen molar-refractivity contribution < 1.29 is 9.53 Å². The number of methoxy groups -OCH3 is 1. The number of aryl methyl sites for hydroxylation is 1. The Kier molecular flexibility index (Phi) is 5.48. The van der Waals surface area contributed by atoms with Crippen molar-refractivity contribution in [2.75, 3.05) is 38.2 Å². The predicted octanol–water partition coefficient (Wildman–Crippen LogP) is 2.08. The van der Waals surface area contributed by atoms with Crippen LogP contribution in [0.15, 0.2) is 36.5 Å². The number of benzene rings is 1. The van der Waals surface area contributed by atoms with E-state index in [0.29, 0.717) is 13.0 Å². The molecule has 25 heavy (non-hydrogen) atoms. The molecule has 0 saturated carbocycles. The Morgan fingerprint density at radius 2 is 2.00 bits per heavy atom. The van der Waals surface area contributed by atoms with Gasteiger partial charge in [-0.3, -0.25) is 4.79 Å². The molecule has 2 aromatic rings. The molecule has 1 saturated heterocycles. The molecule has 1 amide bonds. The van der Waals surface area contributed by atoms with E-state index in [0.717, 1.165) is 49.0 Å². The highest BCUT2D eigenvalue weighted by Gasteiger charge is 2.21. The Labute approximate surface area is 148 Å². The van der Waals surface area contributed by atoms with E-state index in [1.54, 1.807) is 13.3 Å². The maximum absolute atomic E-state index is 12.7. The summed E-state index contributed by atoms with van der Waals surface area (Å²) in [4.78, 5) is 25.6. The smallest absolute Gasteiger partial charge is 0.227 e. The van der Waals surface area contributed by atoms with Crippen LogP contribution in [0.5, 0.6) is 5.75 Å². The Bertz CT molecular complexity index is 735. The van der Waals surface area contributed by atoms with Gasteiger partial charge in [-0.1, -0.05) is 18.2 Å². The van der Waals surface area contributed by atoms with Crippen molar-refractivity contribution in [3.05, 3.63) is 47.8 Å². The standard InChI is InChI=1S/C19H24N4O2/c1-15-8-9-20-19(21-15)23-11-5-10-22(12-13-23)18(24)14-16-6-3-4-7-17(16)25-2/h3-4,6-9H,5,10-14H2,1-2H3. The van der Waals surface area contributed by atoms with Crippen molar-refractivity contribution in [2.45, 2.75) is 19.8 Å². The van der Waals surface area contributed by atoms with Gasteiger partial charge in [0, 0.05) is 43.6 Å². The highest BCUT2D eigenvalue weighted by Crippen LogP contribution is 2.19. The van der Waals surface area contributed by atoms with Gasteiger partial charge in [0.05, 0.1) is 13.5 Å². The minimum atomic E-state index is 0.136. The molecule has 132 valence electrons. The van der Waals surface area contributed by atoms with Crippen LogP contribution in [0.3, 0.4) is 0 Å². The van der Waals surface area contributed by atoms with Crippen LogP contribution in [-0.2, 0) is 11.2 Å². The molecule has 0 unspecified atom stereocenters. The summed E-state index contributed by atoms with van der Waals surface area (Å²) in [6.45, 7) is 5.02. The maximum Gasteiger partial charge on any atom is 0.227 e. The van der Waals surface area contributed by atoms with Gasteiger partial charge in [-0.2, -0.15) is 0 Å². The van der Waals surface area contributed by atoms with E-state index in [9.17, 15) is 4.79 Å². The summed E-state index contributed by atoms with van der Waals surface area (Å²) in [7, 11) is 1.63. The molecular weight excluding hydrogens is 316 g/mol. The second-order valence-corrected chi connectivity index (χ2v) is 6.21. The average molecular weight is 340 g/mol. The zero-order valence-electron chi connectivity index (χ0n) is 14.8. The number of rotatable bonds is 4. The fraction of sp³-hybridized carbons (Fsp3) is 0.421. The molecule has 1 aromatic carbocycles. The molecule has 2 heterocycles. The quantitative estimate of drug-likeness (QED) is 0.853. The highest BCUT2D eigenvalue weighted by atomic mass is 16.5. The number of carbonyl (C=O) groups is 1. The Morgan fingerprint density at radius 3 is 2.80 bits per heavy atom. The number of nitrogens with zero attached hydrogens (tertiary/aromatic N) is 4. The monoisotopic (exact) mass is 340 g/mol. The second kappa shape index (κ2) is 7.96. The molecule has 0 spiro atoms. The lowest BCUT2D eigenvalue weighted by atomic mass is 10.1. The maximum atomic E-state index is 12.7. The number of carbonyl (C=O) groups excluding carboxylic acids is 1. The highest BCUT2D eigenvalue weighted by molar-refractivity contribution is 5.79. The predicted molar refractivity (Wildman–Crippen MR) is 96.9 cm³/mol. The summed E-state index contributed by atoms with van der Waals surface area (Å²) >= 11 is 0. The van der Waals surface area contributed by atoms with Crippen molar-refractivity contribution in [1.82, 2.24) is 14.9 Å². The molecule has 0 bridgehead atoms. The van der Waals surface area contributed by atoms with Crippen LogP contribution >= 0.6 is 0 Å². The molecule has 6 heteroatoms. The molecule has 6 nitrogen and oxygen atoms in total. The number of ether oxygens (including phenoxy) is 1. The van der Waals surface area contributed by atoms with Crippen LogP contribution in [0.2, 0.25) is 0 Å². The zero-order chi connectivity index (χ0) is 17.6. The van der Waals surface area contributed by atoms with Crippen LogP contribution in [-0.4, -0.2) is 54.1 Å². The normalized spacial score (nSPS) is 15.0. The molecule has 0 atom stereocenters. The van der Waals surface area contributed by atoms with Gasteiger partial charge in [-0.15, -0.1) is 0 Å². The topological polar surface area (TPSA) is 58.6 Å². The molecule has 1 aromatic heterocycles. The number of hydrogen-bond donors (Lipinski definition) is 0. The van der Waals surface area contributed by atoms with E-state index in [2.05, 4.69) is 14.9 Å². The van der Waals surface area contributed by atoms with Crippen molar-refractivity contribution in [3.8, 4) is 5.75 Å². The van der Waals surface area contributed by atoms with Crippen LogP contribution in [0.1, 0.15) is 17.7 Å². The van der Waals surface area contributed by atoms with Crippen LogP contribution in [0, 0.1) is 6.92 Å². The Hall–Kier alpha value is -2.63. The third-order valence-electron chi connectivity index (χ3n) is 4.45. The van der Waals surface area contributed by atoms with E-state index in [1.807, 2.05) is 42.2 Å². The lowest BCUT2D eigenvalue weighted by molar-refractivity contribution is -0.130. The van der Waals surface area contributed by atoms with Crippen molar-refractivity contribution >= 4 is 11.9 Å². The minimum Gasteiger partial charge on any atom is -0.496 e. The van der Waals surface area contributed by atoms with E-state index in [-0.39, 0.29) is 5.91 Å². The van der Waals surface area contributed by atoms with Crippen molar-refractivity contribution in [1.29, 1.82) is 0 Å². The second-order valence-electron chi connectivity index (χ2n) is 6.21. The van der Waals surface area contributed by atoms with Gasteiger partial charge in [-0.25, -0.2) is 9.97 Å². The van der Waals surface area contributed by atoms with Crippen LogP contribution in [0.25, 0.3) is 0 Å². The molecule has 1 aliphatic heterocycles. The number of para-hydroxylation sites is 1. The molecule has 0 radical (unpaired) electrons. The van der Waals surface area contributed by atoms with E-state index < -0.39 is 0 Å². The van der Waals surface area contributed by atoms with Crippen LogP contribution in [0.4, 0.5) is 5.95 Å². The van der Waals surface area contributed by atoms with E-state index >= 15 is 0 Å². The molecule has 1 fully saturated rings. The Balaban J connectivity index is 1.63. The number of hydrogen-bond acceptors (Lipinski definition) is 5. The first-order chi connectivity index (χ1) is 12.2. The van der Waals surface area contributed by atoms with Gasteiger partial charge in [0.1, 0.15) is 5.75 Å². The fourth-order valence-electron chi connectivity index (χ4n) is 3.08. The Morgan fingerprint density at radius 1 is 1.16 bits per heavy atom. The first-order valence-corrected chi connectivity index (χ1v) is 8.61. The molecule has 1 aliphatic rings. The molecule has 0 aliphatic carbocycles. The van der Waals surface area contributed by atoms with Crippen molar-refractivity contribution in [3.63, 3.8) is 0 Å². The van der Waals surface area contributed by atoms with Gasteiger partial charge in [-0.05, 0) is 25.5 Å². The molecular formula is C19H24N4O2. The summed E-state index contributed by atoms with van der Waals surface area (Å²) < 4.78 is 5.35. The van der Waals surface area contributed by atoms with E-state index in [4.69, 9.17) is 4.74 Å². The lowest BCUT2D eigenvalue weighted by Crippen LogP contribution is -2.36. The summed E-state index contributed by atoms with van der Waals surface area (Å²) in [5, 5.41) is 0. The zero-order valence-corrected chi connectivity index (χ0v) is 14.8. The third kappa shape index (κ3) is 4.26. The fourth-order valence-corrected chi connectivity index (χ4v) is 3.08. The van der Waals surface area contributed by atoms with Gasteiger partial charge in [0.2, 0.25) is 11.9 Å². The number of amides is 1. The lowest BCUT2D eigenvalue weighted by Gasteiger charge is -2.22. The van der Waals surface area contributed by atoms with Gasteiger partial charge >= 0.3 is 0 Å². The number of aromatic nitrogens is 2. The van der Waals surface area contributed by atoms with Gasteiger partial charge < -0.3 is 14.5 Å². The van der Waals surface area contributed by atoms with Gasteiger partial charge in [0.15, 0.2) is 0 Å². The SMILES string of the molecule is COc1ccccc1CC(=O)N1CCCN(c2nccc(C)n2)CC1. The summed E-state index contributed by atoms with van der Waals surface area (Å²) in [5.74, 6) is 1.65. The van der Waals surface area contributed by atoms with Gasteiger partial charge in [0.25, 0.3) is 0 Å². The molecule has 0 N–H and O–H groups in total. The summed E-state index contributed by atoms with van der Waals surface area (Å²) in [5.41, 5.74) is 1.89. The largest absolute Gasteiger partial charge is 0.496 e. The third-order valence-corrected chi connectivity index (χ3v) is 4.45. The van der Waals surface area contributed by atoms with E-state index in [1.165, 1.54) is 0 Å². The van der Waals surface area contributed by atoms with Crippen molar-refractivity contribution in [2.24, 2.45) is 0 Å². The minimum absolute atomic E-state index is 0.136. The summed E-state index contributed by atoms with van der Waals surface area (Å²) in [6, 6.07) is 9.58. The first-order valence-electron chi connectivity index (χ1n) is 8.61. The average Bonchev–Trinajstić information content (AvgIpc) is 2.88. The summed E-state index contributed by atoms with van der Waals surface area (Å²) in [6.07, 6.45) is 3.06. The number of anilines is 1. The van der Waals surface area contributed by atoms with Crippen LogP contribution < -0.4 is 9.64 Å². The molecule has 3 rings (SSSR count).